The van der Waals surface area contributed by atoms with Crippen molar-refractivity contribution in [2.75, 3.05) is 24.7 Å². The molecule has 4 rings (SSSR count). The van der Waals surface area contributed by atoms with Crippen molar-refractivity contribution in [1.82, 2.24) is 9.38 Å². The molecule has 0 aliphatic carbocycles. The van der Waals surface area contributed by atoms with Gasteiger partial charge in [-0.15, -0.1) is 0 Å². The van der Waals surface area contributed by atoms with Gasteiger partial charge in [-0.1, -0.05) is 25.1 Å². The van der Waals surface area contributed by atoms with Crippen LogP contribution in [0.2, 0.25) is 0 Å². The summed E-state index contributed by atoms with van der Waals surface area (Å²) in [4.78, 5) is 18.7. The normalized spacial score (nSPS) is 18.6. The number of pyridine rings is 1. The second kappa shape index (κ2) is 7.04. The fraction of sp³-hybridized carbons (Fsp3) is 0.333. The van der Waals surface area contributed by atoms with Gasteiger partial charge < -0.3 is 19.8 Å². The van der Waals surface area contributed by atoms with Crippen molar-refractivity contribution in [1.29, 1.82) is 0 Å². The summed E-state index contributed by atoms with van der Waals surface area (Å²) in [5.41, 5.74) is 9.79. The monoisotopic (exact) mass is 364 g/mol. The van der Waals surface area contributed by atoms with E-state index in [1.165, 1.54) is 5.69 Å². The first kappa shape index (κ1) is 17.5. The van der Waals surface area contributed by atoms with Crippen molar-refractivity contribution in [3.63, 3.8) is 0 Å². The molecule has 2 aromatic heterocycles. The topological polar surface area (TPSA) is 72.9 Å². The minimum Gasteiger partial charge on any atom is -0.377 e. The molecule has 0 saturated carbocycles. The van der Waals surface area contributed by atoms with Crippen LogP contribution < -0.4 is 10.6 Å². The molecule has 0 unspecified atom stereocenters. The fourth-order valence-electron chi connectivity index (χ4n) is 3.83. The summed E-state index contributed by atoms with van der Waals surface area (Å²) in [5.74, 6) is -0.514. The number of carbonyl (C=O) groups excluding carboxylic acids is 1. The number of hydrogen-bond acceptors (Lipinski definition) is 4. The number of hydrogen-bond donors (Lipinski definition) is 1. The average Bonchev–Trinajstić information content (AvgIpc) is 3.08. The molecule has 6 heteroatoms. The molecule has 1 aliphatic heterocycles. The molecule has 3 heterocycles. The molecule has 0 bridgehead atoms. The number of fused-ring (bicyclic) bond motifs is 1. The SMILES string of the molecule is C[C@H](c1ccc(N2CCOC[C@@H]2C)cc1)c1c(C(N)=O)nc2ccccn12. The Hall–Kier alpha value is -2.86. The van der Waals surface area contributed by atoms with Gasteiger partial charge in [0.15, 0.2) is 5.69 Å². The van der Waals surface area contributed by atoms with Crippen LogP contribution in [0.1, 0.15) is 41.5 Å². The number of imidazole rings is 1. The first-order valence-electron chi connectivity index (χ1n) is 9.27. The van der Waals surface area contributed by atoms with Gasteiger partial charge in [0, 0.05) is 30.4 Å². The number of carbonyl (C=O) groups is 1. The molecule has 2 atom stereocenters. The highest BCUT2D eigenvalue weighted by Gasteiger charge is 2.23. The van der Waals surface area contributed by atoms with Crippen LogP contribution in [0, 0.1) is 0 Å². The van der Waals surface area contributed by atoms with E-state index in [1.54, 1.807) is 0 Å². The van der Waals surface area contributed by atoms with E-state index in [2.05, 4.69) is 48.0 Å². The molecule has 1 aromatic carbocycles. The third-order valence-corrected chi connectivity index (χ3v) is 5.30. The Labute approximate surface area is 158 Å². The third-order valence-electron chi connectivity index (χ3n) is 5.30. The van der Waals surface area contributed by atoms with Crippen LogP contribution in [-0.2, 0) is 4.74 Å². The molecule has 1 aliphatic rings. The van der Waals surface area contributed by atoms with Crippen molar-refractivity contribution in [3.8, 4) is 0 Å². The van der Waals surface area contributed by atoms with Gasteiger partial charge in [0.1, 0.15) is 5.65 Å². The Bertz CT molecular complexity index is 964. The number of nitrogens with zero attached hydrogens (tertiary/aromatic N) is 3. The molecule has 0 spiro atoms. The van der Waals surface area contributed by atoms with E-state index in [9.17, 15) is 4.79 Å². The predicted molar refractivity (Wildman–Crippen MR) is 105 cm³/mol. The molecule has 27 heavy (non-hydrogen) atoms. The summed E-state index contributed by atoms with van der Waals surface area (Å²) < 4.78 is 7.47. The van der Waals surface area contributed by atoms with Crippen LogP contribution in [0.5, 0.6) is 0 Å². The van der Waals surface area contributed by atoms with Gasteiger partial charge in [0.25, 0.3) is 5.91 Å². The lowest BCUT2D eigenvalue weighted by Gasteiger charge is -2.35. The average molecular weight is 364 g/mol. The van der Waals surface area contributed by atoms with Crippen LogP contribution in [0.15, 0.2) is 48.7 Å². The van der Waals surface area contributed by atoms with E-state index >= 15 is 0 Å². The minimum absolute atomic E-state index is 0.0129. The van der Waals surface area contributed by atoms with Gasteiger partial charge in [-0.05, 0) is 36.8 Å². The number of anilines is 1. The zero-order valence-electron chi connectivity index (χ0n) is 15.6. The van der Waals surface area contributed by atoms with E-state index in [-0.39, 0.29) is 5.92 Å². The number of rotatable bonds is 4. The van der Waals surface area contributed by atoms with Gasteiger partial charge in [-0.25, -0.2) is 4.98 Å². The number of benzene rings is 1. The molecule has 140 valence electrons. The molecule has 1 saturated heterocycles. The minimum atomic E-state index is -0.501. The number of ether oxygens (including phenoxy) is 1. The fourth-order valence-corrected chi connectivity index (χ4v) is 3.83. The molecule has 3 aromatic rings. The Balaban J connectivity index is 1.69. The van der Waals surface area contributed by atoms with E-state index in [1.807, 2.05) is 28.8 Å². The van der Waals surface area contributed by atoms with Crippen molar-refractivity contribution in [2.45, 2.75) is 25.8 Å². The standard InChI is InChI=1S/C21H24N4O2/c1-14-13-27-12-11-24(14)17-8-6-16(7-9-17)15(2)20-19(21(22)26)23-18-5-3-4-10-25(18)20/h3-10,14-15H,11-13H2,1-2H3,(H2,22,26)/t14-,15+/m0/s1. The van der Waals surface area contributed by atoms with Gasteiger partial charge >= 0.3 is 0 Å². The number of primary amides is 1. The Kier molecular flexibility index (Phi) is 4.58. The van der Waals surface area contributed by atoms with Crippen molar-refractivity contribution in [3.05, 3.63) is 65.6 Å². The number of amides is 1. The first-order chi connectivity index (χ1) is 13.1. The molecular weight excluding hydrogens is 340 g/mol. The Morgan fingerprint density at radius 1 is 1.26 bits per heavy atom. The summed E-state index contributed by atoms with van der Waals surface area (Å²) in [6, 6.07) is 14.6. The Morgan fingerprint density at radius 3 is 2.74 bits per heavy atom. The summed E-state index contributed by atoms with van der Waals surface area (Å²) in [5, 5.41) is 0. The number of morpholine rings is 1. The smallest absolute Gasteiger partial charge is 0.269 e. The third kappa shape index (κ3) is 3.17. The maximum atomic E-state index is 12.0. The molecule has 0 radical (unpaired) electrons. The molecule has 1 fully saturated rings. The van der Waals surface area contributed by atoms with E-state index in [0.29, 0.717) is 11.7 Å². The van der Waals surface area contributed by atoms with Crippen LogP contribution in [0.4, 0.5) is 5.69 Å². The van der Waals surface area contributed by atoms with Crippen LogP contribution in [-0.4, -0.2) is 41.1 Å². The number of aromatic nitrogens is 2. The zero-order chi connectivity index (χ0) is 19.0. The lowest BCUT2D eigenvalue weighted by Crippen LogP contribution is -2.43. The first-order valence-corrected chi connectivity index (χ1v) is 9.27. The van der Waals surface area contributed by atoms with Crippen LogP contribution in [0.3, 0.4) is 0 Å². The van der Waals surface area contributed by atoms with Gasteiger partial charge in [-0.2, -0.15) is 0 Å². The van der Waals surface area contributed by atoms with Gasteiger partial charge in [0.05, 0.1) is 18.9 Å². The van der Waals surface area contributed by atoms with Crippen LogP contribution >= 0.6 is 0 Å². The molecule has 1 amide bonds. The van der Waals surface area contributed by atoms with Crippen molar-refractivity contribution < 1.29 is 9.53 Å². The number of nitrogens with two attached hydrogens (primary N) is 1. The maximum absolute atomic E-state index is 12.0. The highest BCUT2D eigenvalue weighted by Crippen LogP contribution is 2.30. The van der Waals surface area contributed by atoms with Crippen LogP contribution in [0.25, 0.3) is 5.65 Å². The molecule has 2 N–H and O–H groups in total. The highest BCUT2D eigenvalue weighted by molar-refractivity contribution is 5.93. The summed E-state index contributed by atoms with van der Waals surface area (Å²) >= 11 is 0. The molecule has 6 nitrogen and oxygen atoms in total. The largest absolute Gasteiger partial charge is 0.377 e. The summed E-state index contributed by atoms with van der Waals surface area (Å²) in [7, 11) is 0. The summed E-state index contributed by atoms with van der Waals surface area (Å²) in [6.07, 6.45) is 1.92. The van der Waals surface area contributed by atoms with Gasteiger partial charge in [-0.3, -0.25) is 4.79 Å². The second-order valence-corrected chi connectivity index (χ2v) is 7.07. The van der Waals surface area contributed by atoms with Gasteiger partial charge in [0.2, 0.25) is 0 Å². The van der Waals surface area contributed by atoms with E-state index < -0.39 is 5.91 Å². The second-order valence-electron chi connectivity index (χ2n) is 7.07. The quantitative estimate of drug-likeness (QED) is 0.773. The molecular formula is C21H24N4O2. The van der Waals surface area contributed by atoms with E-state index in [4.69, 9.17) is 10.5 Å². The van der Waals surface area contributed by atoms with Crippen molar-refractivity contribution >= 4 is 17.2 Å². The maximum Gasteiger partial charge on any atom is 0.269 e. The lowest BCUT2D eigenvalue weighted by molar-refractivity contribution is 0.0989. The lowest BCUT2D eigenvalue weighted by atomic mass is 9.95. The van der Waals surface area contributed by atoms with E-state index in [0.717, 1.165) is 36.7 Å². The van der Waals surface area contributed by atoms with Crippen molar-refractivity contribution in [2.24, 2.45) is 5.73 Å². The zero-order valence-corrected chi connectivity index (χ0v) is 15.6. The highest BCUT2D eigenvalue weighted by atomic mass is 16.5. The Morgan fingerprint density at radius 2 is 2.04 bits per heavy atom. The summed E-state index contributed by atoms with van der Waals surface area (Å²) in [6.45, 7) is 6.66. The predicted octanol–water partition coefficient (Wildman–Crippen LogP) is 2.81.